The second-order valence-corrected chi connectivity index (χ2v) is 8.84. The smallest absolute Gasteiger partial charge is 0.266 e. The van der Waals surface area contributed by atoms with Crippen LogP contribution < -0.4 is 14.7 Å². The van der Waals surface area contributed by atoms with Gasteiger partial charge < -0.3 is 4.74 Å². The van der Waals surface area contributed by atoms with Crippen LogP contribution in [0.2, 0.25) is 0 Å². The first kappa shape index (κ1) is 20.7. The fourth-order valence-electron chi connectivity index (χ4n) is 4.36. The van der Waals surface area contributed by atoms with E-state index in [-0.39, 0.29) is 11.8 Å². The fourth-order valence-corrected chi connectivity index (χ4v) is 4.75. The maximum absolute atomic E-state index is 13.6. The van der Waals surface area contributed by atoms with Gasteiger partial charge in [-0.25, -0.2) is 9.96 Å². The lowest BCUT2D eigenvalue weighted by atomic mass is 9.90. The third-order valence-electron chi connectivity index (χ3n) is 5.91. The van der Waals surface area contributed by atoms with Gasteiger partial charge in [0.25, 0.3) is 5.91 Å². The minimum Gasteiger partial charge on any atom is -0.497 e. The molecule has 2 fully saturated rings. The van der Waals surface area contributed by atoms with Gasteiger partial charge in [-0.05, 0) is 42.8 Å². The van der Waals surface area contributed by atoms with E-state index >= 15 is 0 Å². The lowest BCUT2D eigenvalue weighted by Gasteiger charge is -2.29. The Balaban J connectivity index is 1.58. The summed E-state index contributed by atoms with van der Waals surface area (Å²) < 4.78 is 6.16. The van der Waals surface area contributed by atoms with Gasteiger partial charge in [-0.1, -0.05) is 57.9 Å². The summed E-state index contributed by atoms with van der Waals surface area (Å²) in [6, 6.07) is 22.1. The Hall–Kier alpha value is -3.16. The van der Waals surface area contributed by atoms with E-state index in [0.717, 1.165) is 21.3 Å². The topological polar surface area (TPSA) is 59.1 Å². The molecule has 2 aliphatic heterocycles. The number of amides is 2. The number of rotatable bonds is 4. The molecule has 7 heteroatoms. The summed E-state index contributed by atoms with van der Waals surface area (Å²) in [6.45, 7) is 2.01. The summed E-state index contributed by atoms with van der Waals surface area (Å²) in [4.78, 5) is 34.4. The number of hydrogen-bond acceptors (Lipinski definition) is 5. The highest BCUT2D eigenvalue weighted by atomic mass is 79.9. The van der Waals surface area contributed by atoms with Crippen molar-refractivity contribution in [1.82, 2.24) is 0 Å². The number of ether oxygens (including phenoxy) is 1. The molecular formula is C25H21BrN2O4. The SMILES string of the molecule is COc1cccc(N2C(=O)[C@@H]3[C@H](ON(c4cccc(Br)c4)[C@H]3c3ccc(C)cc3)C2=O)c1. The molecule has 2 aliphatic rings. The molecule has 2 heterocycles. The van der Waals surface area contributed by atoms with Crippen molar-refractivity contribution in [3.8, 4) is 5.75 Å². The minimum atomic E-state index is -0.904. The predicted octanol–water partition coefficient (Wildman–Crippen LogP) is 4.82. The maximum Gasteiger partial charge on any atom is 0.266 e. The molecule has 3 aromatic rings. The quantitative estimate of drug-likeness (QED) is 0.488. The number of imide groups is 1. The van der Waals surface area contributed by atoms with Crippen LogP contribution >= 0.6 is 15.9 Å². The third-order valence-corrected chi connectivity index (χ3v) is 6.40. The largest absolute Gasteiger partial charge is 0.497 e. The zero-order chi connectivity index (χ0) is 22.4. The average molecular weight is 493 g/mol. The monoisotopic (exact) mass is 492 g/mol. The summed E-state index contributed by atoms with van der Waals surface area (Å²) in [5.41, 5.74) is 3.28. The molecule has 0 aliphatic carbocycles. The summed E-state index contributed by atoms with van der Waals surface area (Å²) in [5.74, 6) is -0.749. The first-order chi connectivity index (χ1) is 15.5. The van der Waals surface area contributed by atoms with Crippen molar-refractivity contribution in [3.05, 3.63) is 88.4 Å². The summed E-state index contributed by atoms with van der Waals surface area (Å²) in [6.07, 6.45) is -0.904. The Morgan fingerprint density at radius 2 is 1.62 bits per heavy atom. The molecule has 6 nitrogen and oxygen atoms in total. The molecule has 2 saturated heterocycles. The molecule has 162 valence electrons. The standard InChI is InChI=1S/C25H21BrN2O4/c1-15-9-11-16(12-10-15)22-21-23(32-28(22)19-7-3-5-17(26)13-19)25(30)27(24(21)29)18-6-4-8-20(14-18)31-2/h3-14,21-23H,1-2H3/t21-,22-,23-/m0/s1. The lowest BCUT2D eigenvalue weighted by Crippen LogP contribution is -2.37. The van der Waals surface area contributed by atoms with Crippen molar-refractivity contribution in [1.29, 1.82) is 0 Å². The molecule has 5 rings (SSSR count). The summed E-state index contributed by atoms with van der Waals surface area (Å²) >= 11 is 3.50. The van der Waals surface area contributed by atoms with E-state index in [2.05, 4.69) is 15.9 Å². The molecule has 32 heavy (non-hydrogen) atoms. The Morgan fingerprint density at radius 3 is 2.34 bits per heavy atom. The normalized spacial score (nSPS) is 22.4. The highest BCUT2D eigenvalue weighted by molar-refractivity contribution is 9.10. The van der Waals surface area contributed by atoms with Crippen LogP contribution in [-0.2, 0) is 14.4 Å². The molecule has 0 bridgehead atoms. The summed E-state index contributed by atoms with van der Waals surface area (Å²) in [7, 11) is 1.55. The summed E-state index contributed by atoms with van der Waals surface area (Å²) in [5, 5.41) is 1.70. The zero-order valence-electron chi connectivity index (χ0n) is 17.6. The highest BCUT2D eigenvalue weighted by Crippen LogP contribution is 2.48. The molecule has 0 N–H and O–H groups in total. The number of carbonyl (C=O) groups is 2. The van der Waals surface area contributed by atoms with Crippen LogP contribution in [0.1, 0.15) is 17.2 Å². The van der Waals surface area contributed by atoms with Gasteiger partial charge in [0.1, 0.15) is 11.7 Å². The van der Waals surface area contributed by atoms with E-state index in [0.29, 0.717) is 11.4 Å². The van der Waals surface area contributed by atoms with Crippen molar-refractivity contribution in [2.24, 2.45) is 5.92 Å². The van der Waals surface area contributed by atoms with Gasteiger partial charge in [0.2, 0.25) is 5.91 Å². The molecule has 0 aromatic heterocycles. The van der Waals surface area contributed by atoms with Gasteiger partial charge in [-0.15, -0.1) is 0 Å². The van der Waals surface area contributed by atoms with Crippen LogP contribution in [0.4, 0.5) is 11.4 Å². The number of anilines is 2. The number of nitrogens with zero attached hydrogens (tertiary/aromatic N) is 2. The van der Waals surface area contributed by atoms with Crippen LogP contribution in [0.25, 0.3) is 0 Å². The number of benzene rings is 3. The number of halogens is 1. The van der Waals surface area contributed by atoms with Crippen molar-refractivity contribution >= 4 is 39.1 Å². The molecule has 2 amide bonds. The van der Waals surface area contributed by atoms with E-state index in [9.17, 15) is 9.59 Å². The highest BCUT2D eigenvalue weighted by Gasteiger charge is 2.60. The van der Waals surface area contributed by atoms with Crippen LogP contribution in [0.3, 0.4) is 0 Å². The third kappa shape index (κ3) is 3.38. The number of methoxy groups -OCH3 is 1. The van der Waals surface area contributed by atoms with Crippen molar-refractivity contribution < 1.29 is 19.2 Å². The molecule has 0 saturated carbocycles. The lowest BCUT2D eigenvalue weighted by molar-refractivity contribution is -0.126. The fraction of sp³-hybridized carbons (Fsp3) is 0.200. The van der Waals surface area contributed by atoms with Crippen LogP contribution in [0.5, 0.6) is 5.75 Å². The Labute approximate surface area is 194 Å². The van der Waals surface area contributed by atoms with Crippen LogP contribution in [0.15, 0.2) is 77.3 Å². The van der Waals surface area contributed by atoms with E-state index in [4.69, 9.17) is 9.57 Å². The van der Waals surface area contributed by atoms with Gasteiger partial charge in [0, 0.05) is 10.5 Å². The molecule has 3 aromatic carbocycles. The first-order valence-corrected chi connectivity index (χ1v) is 11.1. The number of aryl methyl sites for hydroxylation is 1. The van der Waals surface area contributed by atoms with Crippen molar-refractivity contribution in [3.63, 3.8) is 0 Å². The number of hydrogen-bond donors (Lipinski definition) is 0. The van der Waals surface area contributed by atoms with Gasteiger partial charge in [0.05, 0.1) is 24.5 Å². The second-order valence-electron chi connectivity index (χ2n) is 7.93. The number of hydroxylamine groups is 1. The van der Waals surface area contributed by atoms with Gasteiger partial charge in [-0.2, -0.15) is 0 Å². The van der Waals surface area contributed by atoms with E-state index in [1.807, 2.05) is 55.5 Å². The van der Waals surface area contributed by atoms with E-state index in [1.54, 1.807) is 36.4 Å². The first-order valence-electron chi connectivity index (χ1n) is 10.3. The molecule has 0 unspecified atom stereocenters. The number of fused-ring (bicyclic) bond motifs is 1. The molecule has 3 atom stereocenters. The van der Waals surface area contributed by atoms with Gasteiger partial charge in [-0.3, -0.25) is 14.4 Å². The predicted molar refractivity (Wildman–Crippen MR) is 124 cm³/mol. The van der Waals surface area contributed by atoms with Crippen molar-refractivity contribution in [2.45, 2.75) is 19.1 Å². The Kier molecular flexibility index (Phi) is 5.23. The van der Waals surface area contributed by atoms with Crippen molar-refractivity contribution in [2.75, 3.05) is 17.1 Å². The van der Waals surface area contributed by atoms with Gasteiger partial charge >= 0.3 is 0 Å². The Bertz CT molecular complexity index is 1200. The van der Waals surface area contributed by atoms with E-state index < -0.39 is 18.1 Å². The molecule has 0 spiro atoms. The number of carbonyl (C=O) groups excluding carboxylic acids is 2. The zero-order valence-corrected chi connectivity index (χ0v) is 19.2. The van der Waals surface area contributed by atoms with Gasteiger partial charge in [0.15, 0.2) is 6.10 Å². The van der Waals surface area contributed by atoms with Crippen LogP contribution in [-0.4, -0.2) is 25.0 Å². The van der Waals surface area contributed by atoms with Crippen LogP contribution in [0, 0.1) is 12.8 Å². The molecule has 0 radical (unpaired) electrons. The Morgan fingerprint density at radius 1 is 0.906 bits per heavy atom. The average Bonchev–Trinajstić information content (AvgIpc) is 3.30. The molecular weight excluding hydrogens is 472 g/mol. The maximum atomic E-state index is 13.6. The van der Waals surface area contributed by atoms with E-state index in [1.165, 1.54) is 4.90 Å². The second kappa shape index (κ2) is 8.07. The minimum absolute atomic E-state index is 0.281.